The molecule has 2 heterocycles. The van der Waals surface area contributed by atoms with Gasteiger partial charge in [-0.1, -0.05) is 0 Å². The summed E-state index contributed by atoms with van der Waals surface area (Å²) in [4.78, 5) is 18.5. The standard InChI is InChI=1S/C12H16N2O4/c1-8-7-18-12(3-5-17-6-4-12)9(8)14-10(13-2)11(15)16/h2-7H2,1H3,(H,15,16)/b14-10-. The van der Waals surface area contributed by atoms with Crippen molar-refractivity contribution in [3.8, 4) is 0 Å². The average molecular weight is 252 g/mol. The van der Waals surface area contributed by atoms with Crippen molar-refractivity contribution in [1.29, 1.82) is 0 Å². The quantitative estimate of drug-likeness (QED) is 0.558. The lowest BCUT2D eigenvalue weighted by atomic mass is 9.90. The van der Waals surface area contributed by atoms with Crippen molar-refractivity contribution in [2.75, 3.05) is 19.8 Å². The van der Waals surface area contributed by atoms with Gasteiger partial charge in [0, 0.05) is 26.1 Å². The molecule has 0 aromatic carbocycles. The highest BCUT2D eigenvalue weighted by molar-refractivity contribution is 6.35. The van der Waals surface area contributed by atoms with Crippen LogP contribution in [-0.4, -0.2) is 49.1 Å². The van der Waals surface area contributed by atoms with E-state index in [-0.39, 0.29) is 5.84 Å². The number of rotatable bonds is 1. The monoisotopic (exact) mass is 252 g/mol. The molecule has 2 aliphatic rings. The maximum Gasteiger partial charge on any atom is 0.373 e. The van der Waals surface area contributed by atoms with E-state index in [1.165, 1.54) is 0 Å². The van der Waals surface area contributed by atoms with E-state index in [1.54, 1.807) is 0 Å². The highest BCUT2D eigenvalue weighted by Crippen LogP contribution is 2.40. The second kappa shape index (κ2) is 4.99. The first-order valence-corrected chi connectivity index (χ1v) is 5.80. The third-order valence-electron chi connectivity index (χ3n) is 3.26. The predicted octanol–water partition coefficient (Wildman–Crippen LogP) is 1.02. The lowest BCUT2D eigenvalue weighted by Gasteiger charge is -2.33. The summed E-state index contributed by atoms with van der Waals surface area (Å²) in [5.74, 6) is -1.47. The van der Waals surface area contributed by atoms with E-state index < -0.39 is 11.6 Å². The summed E-state index contributed by atoms with van der Waals surface area (Å²) < 4.78 is 11.1. The van der Waals surface area contributed by atoms with E-state index in [9.17, 15) is 4.79 Å². The van der Waals surface area contributed by atoms with Crippen LogP contribution in [0.2, 0.25) is 0 Å². The van der Waals surface area contributed by atoms with Gasteiger partial charge in [-0.15, -0.1) is 0 Å². The van der Waals surface area contributed by atoms with Crippen LogP contribution in [0.1, 0.15) is 19.8 Å². The molecule has 6 heteroatoms. The first kappa shape index (κ1) is 12.9. The zero-order valence-corrected chi connectivity index (χ0v) is 10.3. The molecule has 2 rings (SSSR count). The summed E-state index contributed by atoms with van der Waals surface area (Å²) in [5, 5.41) is 8.95. The molecule has 2 aliphatic heterocycles. The molecule has 0 aromatic heterocycles. The summed E-state index contributed by atoms with van der Waals surface area (Å²) in [7, 11) is 0. The van der Waals surface area contributed by atoms with Gasteiger partial charge in [-0.25, -0.2) is 14.8 Å². The van der Waals surface area contributed by atoms with Gasteiger partial charge in [-0.2, -0.15) is 0 Å². The summed E-state index contributed by atoms with van der Waals surface area (Å²) in [5.41, 5.74) is 1.11. The molecule has 1 spiro atoms. The molecule has 0 saturated carbocycles. The molecular weight excluding hydrogens is 236 g/mol. The van der Waals surface area contributed by atoms with E-state index in [0.717, 1.165) is 5.57 Å². The Morgan fingerprint density at radius 2 is 2.11 bits per heavy atom. The molecule has 18 heavy (non-hydrogen) atoms. The van der Waals surface area contributed by atoms with Crippen LogP contribution < -0.4 is 0 Å². The van der Waals surface area contributed by atoms with Crippen LogP contribution in [0.15, 0.2) is 21.3 Å². The van der Waals surface area contributed by atoms with Crippen molar-refractivity contribution in [1.82, 2.24) is 0 Å². The summed E-state index contributed by atoms with van der Waals surface area (Å²) >= 11 is 0. The lowest BCUT2D eigenvalue weighted by molar-refractivity contribution is -0.129. The minimum absolute atomic E-state index is 0.291. The fraction of sp³-hybridized carbons (Fsp3) is 0.583. The molecule has 0 atom stereocenters. The number of aliphatic imine (C=N–C) groups is 2. The van der Waals surface area contributed by atoms with Gasteiger partial charge in [0.05, 0.1) is 12.3 Å². The van der Waals surface area contributed by atoms with Crippen LogP contribution >= 0.6 is 0 Å². The second-order valence-corrected chi connectivity index (χ2v) is 4.42. The van der Waals surface area contributed by atoms with Crippen molar-refractivity contribution in [3.05, 3.63) is 11.3 Å². The van der Waals surface area contributed by atoms with E-state index >= 15 is 0 Å². The molecule has 0 bridgehead atoms. The normalized spacial score (nSPS) is 23.5. The molecule has 0 unspecified atom stereocenters. The number of hydrogen-bond donors (Lipinski definition) is 1. The van der Waals surface area contributed by atoms with Crippen LogP contribution in [0.3, 0.4) is 0 Å². The Morgan fingerprint density at radius 1 is 1.44 bits per heavy atom. The highest BCUT2D eigenvalue weighted by Gasteiger charge is 2.43. The molecule has 1 saturated heterocycles. The molecule has 98 valence electrons. The van der Waals surface area contributed by atoms with Gasteiger partial charge in [0.15, 0.2) is 0 Å². The Bertz CT molecular complexity index is 433. The van der Waals surface area contributed by atoms with Crippen molar-refractivity contribution in [2.45, 2.75) is 25.4 Å². The largest absolute Gasteiger partial charge is 0.475 e. The van der Waals surface area contributed by atoms with Gasteiger partial charge in [0.1, 0.15) is 5.60 Å². The van der Waals surface area contributed by atoms with Crippen molar-refractivity contribution < 1.29 is 19.4 Å². The van der Waals surface area contributed by atoms with Crippen molar-refractivity contribution >= 4 is 18.5 Å². The van der Waals surface area contributed by atoms with Gasteiger partial charge in [0.25, 0.3) is 0 Å². The Kier molecular flexibility index (Phi) is 3.58. The Labute approximate surface area is 105 Å². The van der Waals surface area contributed by atoms with E-state index in [4.69, 9.17) is 14.6 Å². The molecule has 0 aliphatic carbocycles. The fourth-order valence-electron chi connectivity index (χ4n) is 2.31. The van der Waals surface area contributed by atoms with Gasteiger partial charge >= 0.3 is 5.97 Å². The Morgan fingerprint density at radius 3 is 2.67 bits per heavy atom. The van der Waals surface area contributed by atoms with E-state index in [2.05, 4.69) is 16.7 Å². The van der Waals surface area contributed by atoms with Crippen LogP contribution in [0.4, 0.5) is 0 Å². The summed E-state index contributed by atoms with van der Waals surface area (Å²) in [6.45, 7) is 6.79. The smallest absolute Gasteiger partial charge is 0.373 e. The number of carbonyl (C=O) groups is 1. The number of hydrogen-bond acceptors (Lipinski definition) is 4. The SMILES string of the molecule is C=N/C(=N\C1=C(C)COC12CCOCC2)C(=O)O. The minimum atomic E-state index is -1.18. The molecule has 1 fully saturated rings. The lowest BCUT2D eigenvalue weighted by Crippen LogP contribution is -2.38. The zero-order chi connectivity index (χ0) is 13.2. The number of nitrogens with zero attached hydrogens (tertiary/aromatic N) is 2. The topological polar surface area (TPSA) is 80.5 Å². The minimum Gasteiger partial charge on any atom is -0.475 e. The van der Waals surface area contributed by atoms with Crippen molar-refractivity contribution in [3.63, 3.8) is 0 Å². The molecular formula is C12H16N2O4. The molecule has 1 N–H and O–H groups in total. The molecule has 0 aromatic rings. The van der Waals surface area contributed by atoms with Crippen LogP contribution in [-0.2, 0) is 14.3 Å². The summed E-state index contributed by atoms with van der Waals surface area (Å²) in [6.07, 6.45) is 1.38. The van der Waals surface area contributed by atoms with Gasteiger partial charge in [-0.05, 0) is 19.2 Å². The first-order chi connectivity index (χ1) is 8.59. The second-order valence-electron chi connectivity index (χ2n) is 4.42. The number of carboxylic acids is 1. The maximum absolute atomic E-state index is 10.9. The average Bonchev–Trinajstić information content (AvgIpc) is 2.64. The van der Waals surface area contributed by atoms with Gasteiger partial charge in [0.2, 0.25) is 5.84 Å². The third-order valence-corrected chi connectivity index (χ3v) is 3.26. The Balaban J connectivity index is 2.36. The maximum atomic E-state index is 10.9. The Hall–Kier alpha value is -1.53. The van der Waals surface area contributed by atoms with Gasteiger partial charge in [-0.3, -0.25) is 0 Å². The van der Waals surface area contributed by atoms with E-state index in [0.29, 0.717) is 38.4 Å². The fourth-order valence-corrected chi connectivity index (χ4v) is 2.31. The number of ether oxygens (including phenoxy) is 2. The zero-order valence-electron chi connectivity index (χ0n) is 10.3. The molecule has 0 amide bonds. The van der Waals surface area contributed by atoms with Crippen LogP contribution in [0.5, 0.6) is 0 Å². The number of carboxylic acid groups (broad SMARTS) is 1. The van der Waals surface area contributed by atoms with Crippen molar-refractivity contribution in [2.24, 2.45) is 9.98 Å². The van der Waals surface area contributed by atoms with Gasteiger partial charge < -0.3 is 14.6 Å². The predicted molar refractivity (Wildman–Crippen MR) is 66.1 cm³/mol. The number of aliphatic carboxylic acids is 1. The number of amidine groups is 1. The first-order valence-electron chi connectivity index (χ1n) is 5.80. The highest BCUT2D eigenvalue weighted by atomic mass is 16.5. The third kappa shape index (κ3) is 2.21. The molecule has 0 radical (unpaired) electrons. The molecule has 6 nitrogen and oxygen atoms in total. The summed E-state index contributed by atoms with van der Waals surface area (Å²) in [6, 6.07) is 0. The van der Waals surface area contributed by atoms with Crippen LogP contribution in [0, 0.1) is 0 Å². The van der Waals surface area contributed by atoms with E-state index in [1.807, 2.05) is 6.92 Å². The van der Waals surface area contributed by atoms with Crippen LogP contribution in [0.25, 0.3) is 0 Å².